The highest BCUT2D eigenvalue weighted by molar-refractivity contribution is 6.31. The smallest absolute Gasteiger partial charge is 0.263 e. The molecule has 1 aromatic carbocycles. The molecule has 0 spiro atoms. The molecular formula is C16H12ClFN4O. The van der Waals surface area contributed by atoms with Gasteiger partial charge >= 0.3 is 0 Å². The average molecular weight is 331 g/mol. The molecule has 7 heteroatoms. The largest absolute Gasteiger partial charge is 0.360 e. The van der Waals surface area contributed by atoms with Gasteiger partial charge in [0.15, 0.2) is 0 Å². The summed E-state index contributed by atoms with van der Waals surface area (Å²) in [6, 6.07) is 9.35. The van der Waals surface area contributed by atoms with Gasteiger partial charge < -0.3 is 10.6 Å². The molecule has 2 rings (SSSR count). The fourth-order valence-corrected chi connectivity index (χ4v) is 1.85. The van der Waals surface area contributed by atoms with Crippen LogP contribution in [0.1, 0.15) is 5.56 Å². The lowest BCUT2D eigenvalue weighted by atomic mass is 10.2. The number of amides is 1. The van der Waals surface area contributed by atoms with E-state index in [-0.39, 0.29) is 17.1 Å². The van der Waals surface area contributed by atoms with Crippen LogP contribution in [0, 0.1) is 17.1 Å². The second-order valence-corrected chi connectivity index (χ2v) is 4.89. The third-order valence-corrected chi connectivity index (χ3v) is 3.13. The van der Waals surface area contributed by atoms with Crippen LogP contribution in [0.15, 0.2) is 54.5 Å². The van der Waals surface area contributed by atoms with Gasteiger partial charge in [0.25, 0.3) is 5.91 Å². The van der Waals surface area contributed by atoms with Gasteiger partial charge in [-0.1, -0.05) is 17.7 Å². The zero-order valence-corrected chi connectivity index (χ0v) is 12.6. The van der Waals surface area contributed by atoms with Gasteiger partial charge in [-0.05, 0) is 29.8 Å². The van der Waals surface area contributed by atoms with E-state index < -0.39 is 11.7 Å². The fraction of sp³-hybridized carbons (Fsp3) is 0.0625. The molecule has 0 aliphatic carbocycles. The highest BCUT2D eigenvalue weighted by Gasteiger charge is 2.08. The first-order valence-corrected chi connectivity index (χ1v) is 6.97. The van der Waals surface area contributed by atoms with E-state index >= 15 is 0 Å². The zero-order valence-electron chi connectivity index (χ0n) is 11.9. The van der Waals surface area contributed by atoms with E-state index in [2.05, 4.69) is 15.6 Å². The fourth-order valence-electron chi connectivity index (χ4n) is 1.67. The van der Waals surface area contributed by atoms with Crippen molar-refractivity contribution in [3.05, 3.63) is 70.9 Å². The van der Waals surface area contributed by atoms with Gasteiger partial charge in [-0.2, -0.15) is 5.26 Å². The molecule has 0 atom stereocenters. The topological polar surface area (TPSA) is 77.8 Å². The van der Waals surface area contributed by atoms with Gasteiger partial charge in [-0.15, -0.1) is 0 Å². The van der Waals surface area contributed by atoms with Crippen molar-refractivity contribution in [3.63, 3.8) is 0 Å². The molecule has 116 valence electrons. The standard InChI is InChI=1S/C16H12ClFN4O/c17-14-6-13(3-4-15(14)18)21-10-12(7-19)16(23)22-9-11-2-1-5-20-8-11/h1-6,8,10,21H,9H2,(H,22,23)/b12-10-. The number of hydrogen-bond acceptors (Lipinski definition) is 4. The number of aromatic nitrogens is 1. The van der Waals surface area contributed by atoms with E-state index in [9.17, 15) is 9.18 Å². The number of nitrogens with one attached hydrogen (secondary N) is 2. The third-order valence-electron chi connectivity index (χ3n) is 2.84. The van der Waals surface area contributed by atoms with Crippen molar-refractivity contribution >= 4 is 23.2 Å². The molecule has 0 saturated carbocycles. The molecule has 2 N–H and O–H groups in total. The average Bonchev–Trinajstić information content (AvgIpc) is 2.57. The monoisotopic (exact) mass is 330 g/mol. The van der Waals surface area contributed by atoms with Crippen LogP contribution in [0.4, 0.5) is 10.1 Å². The summed E-state index contributed by atoms with van der Waals surface area (Å²) in [5.41, 5.74) is 1.16. The van der Waals surface area contributed by atoms with Crippen LogP contribution in [0.25, 0.3) is 0 Å². The number of halogens is 2. The van der Waals surface area contributed by atoms with Crippen LogP contribution >= 0.6 is 11.6 Å². The Balaban J connectivity index is 1.99. The predicted octanol–water partition coefficient (Wildman–Crippen LogP) is 3.01. The van der Waals surface area contributed by atoms with E-state index in [1.807, 2.05) is 6.07 Å². The second-order valence-electron chi connectivity index (χ2n) is 4.49. The minimum absolute atomic E-state index is 0.0528. The maximum Gasteiger partial charge on any atom is 0.263 e. The van der Waals surface area contributed by atoms with Gasteiger partial charge in [0.05, 0.1) is 5.02 Å². The Bertz CT molecular complexity index is 771. The summed E-state index contributed by atoms with van der Waals surface area (Å²) >= 11 is 5.66. The number of rotatable bonds is 5. The summed E-state index contributed by atoms with van der Waals surface area (Å²) in [7, 11) is 0. The Morgan fingerprint density at radius 1 is 1.43 bits per heavy atom. The van der Waals surface area contributed by atoms with E-state index in [1.165, 1.54) is 24.4 Å². The van der Waals surface area contributed by atoms with Crippen LogP contribution in [0.5, 0.6) is 0 Å². The minimum atomic E-state index is -0.545. The number of benzene rings is 1. The second kappa shape index (κ2) is 7.92. The van der Waals surface area contributed by atoms with Crippen LogP contribution in [-0.4, -0.2) is 10.9 Å². The van der Waals surface area contributed by atoms with Crippen LogP contribution in [0.2, 0.25) is 5.02 Å². The summed E-state index contributed by atoms with van der Waals surface area (Å²) in [5.74, 6) is -1.08. The molecule has 0 radical (unpaired) electrons. The van der Waals surface area contributed by atoms with Gasteiger partial charge in [-0.25, -0.2) is 4.39 Å². The normalized spacial score (nSPS) is 10.7. The predicted molar refractivity (Wildman–Crippen MR) is 84.8 cm³/mol. The number of nitriles is 1. The SMILES string of the molecule is N#C/C(=C/Nc1ccc(F)c(Cl)c1)C(=O)NCc1cccnc1. The Morgan fingerprint density at radius 2 is 2.26 bits per heavy atom. The van der Waals surface area contributed by atoms with Crippen molar-refractivity contribution in [3.8, 4) is 6.07 Å². The van der Waals surface area contributed by atoms with Crippen molar-refractivity contribution in [1.82, 2.24) is 10.3 Å². The molecule has 23 heavy (non-hydrogen) atoms. The third kappa shape index (κ3) is 4.80. The molecule has 0 saturated heterocycles. The molecule has 1 heterocycles. The Hall–Kier alpha value is -2.91. The zero-order chi connectivity index (χ0) is 16.7. The van der Waals surface area contributed by atoms with Crippen molar-refractivity contribution in [2.24, 2.45) is 0 Å². The van der Waals surface area contributed by atoms with Gasteiger partial charge in [0, 0.05) is 30.8 Å². The van der Waals surface area contributed by atoms with E-state index in [0.29, 0.717) is 5.69 Å². The number of pyridine rings is 1. The summed E-state index contributed by atoms with van der Waals surface area (Å²) in [6.45, 7) is 0.258. The lowest BCUT2D eigenvalue weighted by Gasteiger charge is -2.05. The number of anilines is 1. The first-order chi connectivity index (χ1) is 11.1. The molecule has 0 fully saturated rings. The summed E-state index contributed by atoms with van der Waals surface area (Å²) in [5, 5.41) is 14.3. The van der Waals surface area contributed by atoms with Gasteiger partial charge in [-0.3, -0.25) is 9.78 Å². The highest BCUT2D eigenvalue weighted by atomic mass is 35.5. The summed E-state index contributed by atoms with van der Waals surface area (Å²) < 4.78 is 13.1. The molecular weight excluding hydrogens is 319 g/mol. The van der Waals surface area contributed by atoms with Gasteiger partial charge in [0.1, 0.15) is 17.5 Å². The molecule has 0 aliphatic rings. The maximum absolute atomic E-state index is 13.1. The molecule has 0 aliphatic heterocycles. The lowest BCUT2D eigenvalue weighted by molar-refractivity contribution is -0.117. The lowest BCUT2D eigenvalue weighted by Crippen LogP contribution is -2.24. The quantitative estimate of drug-likeness (QED) is 0.652. The summed E-state index contributed by atoms with van der Waals surface area (Å²) in [4.78, 5) is 15.9. The van der Waals surface area contributed by atoms with Crippen molar-refractivity contribution in [1.29, 1.82) is 5.26 Å². The Labute approximate surface area is 137 Å². The molecule has 2 aromatic rings. The number of carbonyl (C=O) groups is 1. The molecule has 1 amide bonds. The van der Waals surface area contributed by atoms with E-state index in [1.54, 1.807) is 24.5 Å². The Kier molecular flexibility index (Phi) is 5.67. The van der Waals surface area contributed by atoms with Crippen LogP contribution < -0.4 is 10.6 Å². The minimum Gasteiger partial charge on any atom is -0.360 e. The molecule has 0 bridgehead atoms. The van der Waals surface area contributed by atoms with Gasteiger partial charge in [0.2, 0.25) is 0 Å². The molecule has 1 aromatic heterocycles. The van der Waals surface area contributed by atoms with Crippen molar-refractivity contribution in [2.45, 2.75) is 6.54 Å². The number of hydrogen-bond donors (Lipinski definition) is 2. The number of nitrogens with zero attached hydrogens (tertiary/aromatic N) is 2. The molecule has 5 nitrogen and oxygen atoms in total. The Morgan fingerprint density at radius 3 is 2.91 bits per heavy atom. The van der Waals surface area contributed by atoms with Crippen LogP contribution in [-0.2, 0) is 11.3 Å². The molecule has 0 unspecified atom stereocenters. The summed E-state index contributed by atoms with van der Waals surface area (Å²) in [6.07, 6.45) is 4.49. The first kappa shape index (κ1) is 16.5. The highest BCUT2D eigenvalue weighted by Crippen LogP contribution is 2.19. The number of carbonyl (C=O) groups excluding carboxylic acids is 1. The van der Waals surface area contributed by atoms with E-state index in [4.69, 9.17) is 16.9 Å². The first-order valence-electron chi connectivity index (χ1n) is 6.59. The van der Waals surface area contributed by atoms with E-state index in [0.717, 1.165) is 5.56 Å². The van der Waals surface area contributed by atoms with Crippen molar-refractivity contribution < 1.29 is 9.18 Å². The van der Waals surface area contributed by atoms with Crippen molar-refractivity contribution in [2.75, 3.05) is 5.32 Å². The maximum atomic E-state index is 13.1. The van der Waals surface area contributed by atoms with Crippen LogP contribution in [0.3, 0.4) is 0 Å².